The van der Waals surface area contributed by atoms with Gasteiger partial charge < -0.3 is 14.8 Å². The van der Waals surface area contributed by atoms with Crippen LogP contribution in [0.5, 0.6) is 0 Å². The van der Waals surface area contributed by atoms with Crippen molar-refractivity contribution in [1.82, 2.24) is 10.0 Å². The molecule has 2 N–H and O–H groups in total. The van der Waals surface area contributed by atoms with Gasteiger partial charge in [-0.05, 0) is 25.5 Å². The fraction of sp³-hybridized carbons (Fsp3) is 0.571. The van der Waals surface area contributed by atoms with Crippen LogP contribution in [0, 0.1) is 0 Å². The zero-order valence-corrected chi connectivity index (χ0v) is 21.4. The summed E-state index contributed by atoms with van der Waals surface area (Å²) in [6.45, 7) is 8.46. The molecule has 0 fully saturated rings. The molecule has 0 saturated carbocycles. The van der Waals surface area contributed by atoms with E-state index in [2.05, 4.69) is 14.8 Å². The third-order valence-corrected chi connectivity index (χ3v) is 8.24. The summed E-state index contributed by atoms with van der Waals surface area (Å²) < 4.78 is 38.1. The molecule has 1 aromatic carbocycles. The molecule has 0 saturated heterocycles. The summed E-state index contributed by atoms with van der Waals surface area (Å²) in [5.41, 5.74) is -0.914. The minimum atomic E-state index is -3.85. The van der Waals surface area contributed by atoms with Gasteiger partial charge in [0.25, 0.3) is 0 Å². The smallest absolute Gasteiger partial charge is 0.336 e. The first-order valence-electron chi connectivity index (χ1n) is 10.2. The molecule has 0 aromatic heterocycles. The number of Topliss-reactive ketones (excluding diaryl/α,β-unsaturated/α-hetero) is 1. The highest BCUT2D eigenvalue weighted by Crippen LogP contribution is 2.14. The van der Waals surface area contributed by atoms with Crippen LogP contribution in [-0.2, 0) is 40.5 Å². The molecular formula is C21H34N2O7SSi. The van der Waals surface area contributed by atoms with E-state index in [1.165, 1.54) is 6.92 Å². The maximum Gasteiger partial charge on any atom is 0.336 e. The van der Waals surface area contributed by atoms with Crippen molar-refractivity contribution in [2.24, 2.45) is 0 Å². The number of esters is 1. The van der Waals surface area contributed by atoms with Gasteiger partial charge in [0.15, 0.2) is 11.8 Å². The van der Waals surface area contributed by atoms with Crippen LogP contribution < -0.4 is 10.0 Å². The zero-order chi connectivity index (χ0) is 24.6. The van der Waals surface area contributed by atoms with E-state index in [4.69, 9.17) is 4.74 Å². The molecule has 32 heavy (non-hydrogen) atoms. The second-order valence-corrected chi connectivity index (χ2v) is 16.5. The van der Waals surface area contributed by atoms with Gasteiger partial charge >= 0.3 is 5.97 Å². The Hall–Kier alpha value is -2.08. The van der Waals surface area contributed by atoms with E-state index in [1.807, 2.05) is 50.0 Å². The number of hydrogen-bond acceptors (Lipinski definition) is 7. The van der Waals surface area contributed by atoms with Gasteiger partial charge in [0.05, 0.1) is 26.1 Å². The first-order chi connectivity index (χ1) is 14.7. The number of ketones is 1. The summed E-state index contributed by atoms with van der Waals surface area (Å²) >= 11 is 0. The molecule has 0 bridgehead atoms. The van der Waals surface area contributed by atoms with E-state index in [9.17, 15) is 22.8 Å². The first kappa shape index (κ1) is 28.0. The Morgan fingerprint density at radius 2 is 1.72 bits per heavy atom. The molecule has 1 rings (SSSR count). The number of carbonyl (C=O) groups is 3. The molecule has 0 spiro atoms. The lowest BCUT2D eigenvalue weighted by Crippen LogP contribution is -2.63. The van der Waals surface area contributed by atoms with Crippen molar-refractivity contribution in [3.05, 3.63) is 35.9 Å². The van der Waals surface area contributed by atoms with Gasteiger partial charge in [-0.1, -0.05) is 50.0 Å². The van der Waals surface area contributed by atoms with Gasteiger partial charge in [0.1, 0.15) is 5.54 Å². The van der Waals surface area contributed by atoms with Crippen molar-refractivity contribution in [1.29, 1.82) is 0 Å². The lowest BCUT2D eigenvalue weighted by molar-refractivity contribution is -0.149. The molecule has 1 aromatic rings. The summed E-state index contributed by atoms with van der Waals surface area (Å²) in [4.78, 5) is 36.8. The Labute approximate surface area is 191 Å². The Morgan fingerprint density at radius 1 is 1.12 bits per heavy atom. The number of methoxy groups -OCH3 is 1. The Balaban J connectivity index is 3.07. The van der Waals surface area contributed by atoms with Crippen LogP contribution in [0.3, 0.4) is 0 Å². The van der Waals surface area contributed by atoms with Crippen LogP contribution >= 0.6 is 0 Å². The zero-order valence-electron chi connectivity index (χ0n) is 19.6. The average Bonchev–Trinajstić information content (AvgIpc) is 2.69. The lowest BCUT2D eigenvalue weighted by Gasteiger charge is -2.30. The van der Waals surface area contributed by atoms with E-state index in [-0.39, 0.29) is 19.0 Å². The molecule has 0 aliphatic heterocycles. The van der Waals surface area contributed by atoms with E-state index in [1.54, 1.807) is 0 Å². The van der Waals surface area contributed by atoms with Crippen molar-refractivity contribution >= 4 is 35.8 Å². The van der Waals surface area contributed by atoms with E-state index in [0.29, 0.717) is 6.04 Å². The van der Waals surface area contributed by atoms with Crippen molar-refractivity contribution in [3.63, 3.8) is 0 Å². The quantitative estimate of drug-likeness (QED) is 0.245. The number of rotatable bonds is 13. The van der Waals surface area contributed by atoms with E-state index < -0.39 is 47.3 Å². The molecule has 0 unspecified atom stereocenters. The minimum Gasteiger partial charge on any atom is -0.467 e. The fourth-order valence-corrected chi connectivity index (χ4v) is 7.12. The van der Waals surface area contributed by atoms with Gasteiger partial charge in [-0.3, -0.25) is 9.59 Å². The Bertz CT molecular complexity index is 900. The highest BCUT2D eigenvalue weighted by Gasteiger charge is 2.41. The van der Waals surface area contributed by atoms with Crippen molar-refractivity contribution < 1.29 is 32.3 Å². The normalized spacial score (nSPS) is 14.8. The van der Waals surface area contributed by atoms with Gasteiger partial charge in [-0.15, -0.1) is 0 Å². The largest absolute Gasteiger partial charge is 0.467 e. The average molecular weight is 487 g/mol. The van der Waals surface area contributed by atoms with Crippen LogP contribution in [0.25, 0.3) is 0 Å². The minimum absolute atomic E-state index is 0.141. The molecule has 0 aliphatic rings. The number of carbonyl (C=O) groups excluding carboxylic acids is 3. The summed E-state index contributed by atoms with van der Waals surface area (Å²) in [6, 6.07) is 8.13. The van der Waals surface area contributed by atoms with Crippen LogP contribution in [-0.4, -0.2) is 65.2 Å². The SMILES string of the molecule is COC(=O)[C@@H](NC(=O)[C@](C)(COCc1ccccc1)NS(=O)(=O)CC[Si](C)(C)C)C(C)=O. The number of benzene rings is 1. The summed E-state index contributed by atoms with van der Waals surface area (Å²) in [5, 5.41) is 2.29. The Morgan fingerprint density at radius 3 is 2.22 bits per heavy atom. The number of sulfonamides is 1. The molecule has 11 heteroatoms. The number of amides is 1. The molecule has 0 radical (unpaired) electrons. The van der Waals surface area contributed by atoms with Crippen molar-refractivity contribution in [2.45, 2.75) is 57.7 Å². The molecule has 1 amide bonds. The molecule has 0 aliphatic carbocycles. The summed E-state index contributed by atoms with van der Waals surface area (Å²) in [6.07, 6.45) is 0. The van der Waals surface area contributed by atoms with Crippen molar-refractivity contribution in [2.75, 3.05) is 19.5 Å². The number of ether oxygens (including phenoxy) is 2. The molecule has 180 valence electrons. The molecule has 2 atom stereocenters. The topological polar surface area (TPSA) is 128 Å². The Kier molecular flexibility index (Phi) is 10.2. The predicted molar refractivity (Wildman–Crippen MR) is 124 cm³/mol. The van der Waals surface area contributed by atoms with Gasteiger partial charge in [0, 0.05) is 8.07 Å². The molecular weight excluding hydrogens is 452 g/mol. The first-order valence-corrected chi connectivity index (χ1v) is 15.6. The van der Waals surface area contributed by atoms with Crippen molar-refractivity contribution in [3.8, 4) is 0 Å². The van der Waals surface area contributed by atoms with Gasteiger partial charge in [-0.25, -0.2) is 13.2 Å². The van der Waals surface area contributed by atoms with Crippen LogP contribution in [0.4, 0.5) is 0 Å². The van der Waals surface area contributed by atoms with Crippen LogP contribution in [0.1, 0.15) is 19.4 Å². The van der Waals surface area contributed by atoms with E-state index >= 15 is 0 Å². The maximum absolute atomic E-state index is 13.1. The predicted octanol–water partition coefficient (Wildman–Crippen LogP) is 1.47. The maximum atomic E-state index is 13.1. The number of nitrogens with one attached hydrogen (secondary N) is 2. The van der Waals surface area contributed by atoms with Gasteiger partial charge in [0.2, 0.25) is 15.9 Å². The van der Waals surface area contributed by atoms with Crippen LogP contribution in [0.15, 0.2) is 30.3 Å². The standard InChI is InChI=1S/C21H34N2O7SSi/c1-16(24)18(19(25)29-3)22-20(26)21(2,15-30-14-17-10-8-7-9-11-17)23-31(27,28)12-13-32(4,5)6/h7-11,18,23H,12-15H2,1-6H3,(H,22,26)/t18-,21-/m0/s1. The highest BCUT2D eigenvalue weighted by molar-refractivity contribution is 7.89. The fourth-order valence-electron chi connectivity index (χ4n) is 2.66. The van der Waals surface area contributed by atoms with Crippen LogP contribution in [0.2, 0.25) is 25.7 Å². The third-order valence-electron chi connectivity index (χ3n) is 4.62. The monoisotopic (exact) mass is 486 g/mol. The second-order valence-electron chi connectivity index (χ2n) is 9.08. The third kappa shape index (κ3) is 9.59. The summed E-state index contributed by atoms with van der Waals surface area (Å²) in [5.74, 6) is -2.59. The second kappa shape index (κ2) is 11.7. The molecule has 0 heterocycles. The summed E-state index contributed by atoms with van der Waals surface area (Å²) in [7, 11) is -4.42. The van der Waals surface area contributed by atoms with E-state index in [0.717, 1.165) is 19.6 Å². The number of hydrogen-bond donors (Lipinski definition) is 2. The lowest BCUT2D eigenvalue weighted by atomic mass is 10.0. The molecule has 9 nitrogen and oxygen atoms in total. The highest BCUT2D eigenvalue weighted by atomic mass is 32.2. The van der Waals surface area contributed by atoms with Gasteiger partial charge in [-0.2, -0.15) is 4.72 Å².